The number of anilines is 1. The van der Waals surface area contributed by atoms with Gasteiger partial charge >= 0.3 is 0 Å². The van der Waals surface area contributed by atoms with Gasteiger partial charge in [-0.2, -0.15) is 5.26 Å². The summed E-state index contributed by atoms with van der Waals surface area (Å²) in [4.78, 5) is 1.07. The van der Waals surface area contributed by atoms with E-state index in [9.17, 15) is 13.7 Å². The zero-order chi connectivity index (χ0) is 13.9. The molecule has 1 aliphatic rings. The summed E-state index contributed by atoms with van der Waals surface area (Å²) in [6, 6.07) is 2.14. The van der Waals surface area contributed by atoms with Gasteiger partial charge in [-0.1, -0.05) is 13.3 Å². The summed E-state index contributed by atoms with van der Waals surface area (Å²) in [5, 5.41) is 12.9. The predicted molar refractivity (Wildman–Crippen MR) is 76.8 cm³/mol. The molecule has 0 radical (unpaired) electrons. The average Bonchev–Trinajstić information content (AvgIpc) is 2.72. The Labute approximate surface area is 117 Å². The van der Waals surface area contributed by atoms with Crippen molar-refractivity contribution in [3.8, 4) is 6.07 Å². The molecule has 2 heterocycles. The molecule has 1 aliphatic heterocycles. The monoisotopic (exact) mass is 299 g/mol. The molecule has 0 aromatic carbocycles. The predicted octanol–water partition coefficient (Wildman–Crippen LogP) is 1.81. The summed E-state index contributed by atoms with van der Waals surface area (Å²) in [5.41, 5.74) is 1.50. The molecule has 0 saturated carbocycles. The normalized spacial score (nSPS) is 14.7. The van der Waals surface area contributed by atoms with Crippen LogP contribution >= 0.6 is 11.3 Å². The Hall–Kier alpha value is -1.10. The fourth-order valence-electron chi connectivity index (χ4n) is 2.05. The summed E-state index contributed by atoms with van der Waals surface area (Å²) in [6.07, 6.45) is 2.24. The average molecular weight is 299 g/mol. The molecule has 5 nitrogen and oxygen atoms in total. The summed E-state index contributed by atoms with van der Waals surface area (Å²) >= 11 is 1.37. The minimum Gasteiger partial charge on any atom is -0.312 e. The topological polar surface area (TPSA) is 82.0 Å². The Morgan fingerprint density at radius 1 is 1.53 bits per heavy atom. The van der Waals surface area contributed by atoms with E-state index in [1.807, 2.05) is 6.92 Å². The minimum atomic E-state index is -3.34. The van der Waals surface area contributed by atoms with E-state index in [4.69, 9.17) is 0 Å². The zero-order valence-electron chi connectivity index (χ0n) is 10.8. The van der Waals surface area contributed by atoms with Crippen LogP contribution in [0.4, 0.5) is 5.00 Å². The van der Waals surface area contributed by atoms with E-state index in [0.717, 1.165) is 29.8 Å². The third-order valence-electron chi connectivity index (χ3n) is 3.05. The highest BCUT2D eigenvalue weighted by Gasteiger charge is 2.23. The standard InChI is InChI=1S/C12H17N3O2S2/c1-2-3-6-19(16,17)15-12-10(7-13)9-4-5-14-8-11(9)18-12/h14-15H,2-6,8H2,1H3. The first-order valence-corrected chi connectivity index (χ1v) is 8.80. The van der Waals surface area contributed by atoms with Crippen LogP contribution in [-0.4, -0.2) is 20.7 Å². The number of hydrogen-bond acceptors (Lipinski definition) is 5. The van der Waals surface area contributed by atoms with Crippen molar-refractivity contribution in [1.82, 2.24) is 5.32 Å². The maximum Gasteiger partial charge on any atom is 0.233 e. The second kappa shape index (κ2) is 5.90. The molecule has 1 aromatic heterocycles. The number of unbranched alkanes of at least 4 members (excludes halogenated alkanes) is 1. The third kappa shape index (κ3) is 3.26. The van der Waals surface area contributed by atoms with Crippen LogP contribution in [0.5, 0.6) is 0 Å². The number of sulfonamides is 1. The molecule has 0 aliphatic carbocycles. The Bertz CT molecular complexity index is 599. The highest BCUT2D eigenvalue weighted by Crippen LogP contribution is 2.35. The molecule has 2 rings (SSSR count). The van der Waals surface area contributed by atoms with Gasteiger partial charge in [-0.15, -0.1) is 11.3 Å². The lowest BCUT2D eigenvalue weighted by molar-refractivity contribution is 0.598. The number of nitrogens with one attached hydrogen (secondary N) is 2. The maximum absolute atomic E-state index is 11.9. The first-order valence-electron chi connectivity index (χ1n) is 6.33. The summed E-state index contributed by atoms with van der Waals surface area (Å²) in [7, 11) is -3.34. The van der Waals surface area contributed by atoms with Crippen molar-refractivity contribution in [2.75, 3.05) is 17.0 Å². The molecule has 0 saturated heterocycles. The Morgan fingerprint density at radius 3 is 3.00 bits per heavy atom. The molecule has 0 unspecified atom stereocenters. The van der Waals surface area contributed by atoms with E-state index in [1.54, 1.807) is 0 Å². The van der Waals surface area contributed by atoms with E-state index < -0.39 is 10.0 Å². The second-order valence-corrected chi connectivity index (χ2v) is 7.47. The Kier molecular flexibility index (Phi) is 4.45. The highest BCUT2D eigenvalue weighted by atomic mass is 32.2. The summed E-state index contributed by atoms with van der Waals surface area (Å²) in [6.45, 7) is 3.50. The van der Waals surface area contributed by atoms with Crippen molar-refractivity contribution >= 4 is 26.4 Å². The van der Waals surface area contributed by atoms with Crippen LogP contribution in [-0.2, 0) is 23.0 Å². The zero-order valence-corrected chi connectivity index (χ0v) is 12.5. The Morgan fingerprint density at radius 2 is 2.32 bits per heavy atom. The highest BCUT2D eigenvalue weighted by molar-refractivity contribution is 7.92. The van der Waals surface area contributed by atoms with E-state index in [2.05, 4.69) is 16.1 Å². The van der Waals surface area contributed by atoms with Gasteiger partial charge in [-0.25, -0.2) is 8.42 Å². The number of thiophene rings is 1. The number of hydrogen-bond donors (Lipinski definition) is 2. The lowest BCUT2D eigenvalue weighted by Gasteiger charge is -2.11. The largest absolute Gasteiger partial charge is 0.312 e. The number of nitrogens with zero attached hydrogens (tertiary/aromatic N) is 1. The van der Waals surface area contributed by atoms with Gasteiger partial charge in [0.05, 0.1) is 11.3 Å². The molecule has 0 bridgehead atoms. The molecule has 2 N–H and O–H groups in total. The molecule has 0 fully saturated rings. The second-order valence-electron chi connectivity index (χ2n) is 4.52. The van der Waals surface area contributed by atoms with Crippen molar-refractivity contribution in [2.45, 2.75) is 32.7 Å². The van der Waals surface area contributed by atoms with Crippen molar-refractivity contribution in [3.63, 3.8) is 0 Å². The van der Waals surface area contributed by atoms with Crippen LogP contribution in [0.1, 0.15) is 35.8 Å². The maximum atomic E-state index is 11.9. The molecular formula is C12H17N3O2S2. The number of rotatable bonds is 5. The summed E-state index contributed by atoms with van der Waals surface area (Å²) < 4.78 is 26.4. The molecule has 19 heavy (non-hydrogen) atoms. The van der Waals surface area contributed by atoms with Gasteiger partial charge in [0, 0.05) is 11.4 Å². The fraction of sp³-hybridized carbons (Fsp3) is 0.583. The molecule has 0 amide bonds. The molecular weight excluding hydrogens is 282 g/mol. The van der Waals surface area contributed by atoms with Crippen LogP contribution < -0.4 is 10.0 Å². The third-order valence-corrected chi connectivity index (χ3v) is 5.67. The SMILES string of the molecule is CCCCS(=O)(=O)Nc1sc2c(c1C#N)CCNC2. The lowest BCUT2D eigenvalue weighted by atomic mass is 10.1. The quantitative estimate of drug-likeness (QED) is 0.868. The van der Waals surface area contributed by atoms with Crippen molar-refractivity contribution < 1.29 is 8.42 Å². The number of fused-ring (bicyclic) bond motifs is 1. The van der Waals surface area contributed by atoms with Gasteiger partial charge in [0.25, 0.3) is 0 Å². The fourth-order valence-corrected chi connectivity index (χ4v) is 4.77. The van der Waals surface area contributed by atoms with Crippen LogP contribution in [0.25, 0.3) is 0 Å². The van der Waals surface area contributed by atoms with E-state index in [0.29, 0.717) is 23.5 Å². The molecule has 7 heteroatoms. The molecule has 0 spiro atoms. The van der Waals surface area contributed by atoms with E-state index in [1.165, 1.54) is 11.3 Å². The smallest absolute Gasteiger partial charge is 0.233 e. The first-order chi connectivity index (χ1) is 9.07. The number of nitriles is 1. The van der Waals surface area contributed by atoms with Crippen molar-refractivity contribution in [3.05, 3.63) is 16.0 Å². The minimum absolute atomic E-state index is 0.106. The van der Waals surface area contributed by atoms with Gasteiger partial charge in [0.1, 0.15) is 11.1 Å². The van der Waals surface area contributed by atoms with E-state index >= 15 is 0 Å². The van der Waals surface area contributed by atoms with E-state index in [-0.39, 0.29) is 5.75 Å². The Balaban J connectivity index is 2.26. The van der Waals surface area contributed by atoms with Crippen LogP contribution in [0.2, 0.25) is 0 Å². The first kappa shape index (κ1) is 14.3. The van der Waals surface area contributed by atoms with Crippen molar-refractivity contribution in [2.24, 2.45) is 0 Å². The van der Waals surface area contributed by atoms with Gasteiger partial charge < -0.3 is 5.32 Å². The molecule has 104 valence electrons. The van der Waals surface area contributed by atoms with Crippen LogP contribution in [0.15, 0.2) is 0 Å². The van der Waals surface area contributed by atoms with Gasteiger partial charge in [-0.3, -0.25) is 4.72 Å². The van der Waals surface area contributed by atoms with Gasteiger partial charge in [-0.05, 0) is 24.9 Å². The van der Waals surface area contributed by atoms with Crippen LogP contribution in [0, 0.1) is 11.3 Å². The van der Waals surface area contributed by atoms with Gasteiger partial charge in [0.15, 0.2) is 0 Å². The van der Waals surface area contributed by atoms with Crippen LogP contribution in [0.3, 0.4) is 0 Å². The van der Waals surface area contributed by atoms with Crippen molar-refractivity contribution in [1.29, 1.82) is 5.26 Å². The lowest BCUT2D eigenvalue weighted by Crippen LogP contribution is -2.22. The van der Waals surface area contributed by atoms with Gasteiger partial charge in [0.2, 0.25) is 10.0 Å². The summed E-state index contributed by atoms with van der Waals surface area (Å²) in [5.74, 6) is 0.106. The molecule has 1 aromatic rings. The molecule has 0 atom stereocenters.